The standard InChI is InChI=1S/C14H17N3/c1-17(2)13-5-3-4-12(14(13)16)10-6-8-11(15)9-7-10/h3-9H,15-16H2,1-2H3. The number of para-hydroxylation sites is 1. The highest BCUT2D eigenvalue weighted by molar-refractivity contribution is 5.86. The predicted molar refractivity (Wildman–Crippen MR) is 75.0 cm³/mol. The Balaban J connectivity index is 2.52. The molecule has 3 heteroatoms. The van der Waals surface area contributed by atoms with E-state index in [-0.39, 0.29) is 0 Å². The van der Waals surface area contributed by atoms with Gasteiger partial charge in [-0.25, -0.2) is 0 Å². The lowest BCUT2D eigenvalue weighted by Gasteiger charge is -2.17. The SMILES string of the molecule is CN(C)c1cccc(-c2ccc(N)cc2)c1N. The zero-order chi connectivity index (χ0) is 12.4. The Kier molecular flexibility index (Phi) is 2.91. The molecule has 88 valence electrons. The Morgan fingerprint density at radius 1 is 0.882 bits per heavy atom. The monoisotopic (exact) mass is 227 g/mol. The van der Waals surface area contributed by atoms with Crippen molar-refractivity contribution in [2.75, 3.05) is 30.5 Å². The molecule has 2 aromatic rings. The van der Waals surface area contributed by atoms with E-state index in [1.54, 1.807) is 0 Å². The number of benzene rings is 2. The van der Waals surface area contributed by atoms with Gasteiger partial charge in [-0.3, -0.25) is 0 Å². The van der Waals surface area contributed by atoms with Gasteiger partial charge in [0, 0.05) is 25.3 Å². The number of nitrogen functional groups attached to an aromatic ring is 2. The summed E-state index contributed by atoms with van der Waals surface area (Å²) in [6, 6.07) is 13.8. The predicted octanol–water partition coefficient (Wildman–Crippen LogP) is 2.58. The van der Waals surface area contributed by atoms with Gasteiger partial charge in [0.15, 0.2) is 0 Å². The lowest BCUT2D eigenvalue weighted by atomic mass is 10.0. The van der Waals surface area contributed by atoms with E-state index in [2.05, 4.69) is 0 Å². The summed E-state index contributed by atoms with van der Waals surface area (Å²) >= 11 is 0. The fourth-order valence-corrected chi connectivity index (χ4v) is 1.86. The van der Waals surface area contributed by atoms with E-state index in [0.29, 0.717) is 0 Å². The lowest BCUT2D eigenvalue weighted by Crippen LogP contribution is -2.11. The molecule has 17 heavy (non-hydrogen) atoms. The number of nitrogens with two attached hydrogens (primary N) is 2. The van der Waals surface area contributed by atoms with E-state index >= 15 is 0 Å². The molecule has 0 amide bonds. The van der Waals surface area contributed by atoms with Crippen LogP contribution in [0.1, 0.15) is 0 Å². The highest BCUT2D eigenvalue weighted by atomic mass is 15.1. The summed E-state index contributed by atoms with van der Waals surface area (Å²) in [5.74, 6) is 0. The molecule has 0 fully saturated rings. The zero-order valence-electron chi connectivity index (χ0n) is 10.1. The molecule has 0 saturated heterocycles. The van der Waals surface area contributed by atoms with Crippen LogP contribution in [0, 0.1) is 0 Å². The normalized spacial score (nSPS) is 10.2. The Hall–Kier alpha value is -2.16. The first-order valence-electron chi connectivity index (χ1n) is 5.51. The van der Waals surface area contributed by atoms with Crippen molar-refractivity contribution in [1.82, 2.24) is 0 Å². The molecular formula is C14H17N3. The molecule has 0 heterocycles. The third kappa shape index (κ3) is 2.18. The summed E-state index contributed by atoms with van der Waals surface area (Å²) in [5, 5.41) is 0. The summed E-state index contributed by atoms with van der Waals surface area (Å²) in [6.45, 7) is 0. The minimum Gasteiger partial charge on any atom is -0.399 e. The van der Waals surface area contributed by atoms with Crippen molar-refractivity contribution in [3.63, 3.8) is 0 Å². The third-order valence-corrected chi connectivity index (χ3v) is 2.79. The van der Waals surface area contributed by atoms with Gasteiger partial charge in [-0.1, -0.05) is 24.3 Å². The molecule has 0 spiro atoms. The van der Waals surface area contributed by atoms with Crippen LogP contribution in [0.15, 0.2) is 42.5 Å². The van der Waals surface area contributed by atoms with Gasteiger partial charge in [0.25, 0.3) is 0 Å². The van der Waals surface area contributed by atoms with E-state index in [4.69, 9.17) is 11.5 Å². The Labute approximate surface area is 102 Å². The van der Waals surface area contributed by atoms with Crippen molar-refractivity contribution >= 4 is 17.1 Å². The second-order valence-electron chi connectivity index (χ2n) is 4.25. The average Bonchev–Trinajstić information content (AvgIpc) is 2.30. The van der Waals surface area contributed by atoms with Crippen molar-refractivity contribution in [2.24, 2.45) is 0 Å². The van der Waals surface area contributed by atoms with E-state index in [9.17, 15) is 0 Å². The zero-order valence-corrected chi connectivity index (χ0v) is 10.1. The molecule has 0 aliphatic carbocycles. The number of rotatable bonds is 2. The third-order valence-electron chi connectivity index (χ3n) is 2.79. The molecule has 0 aromatic heterocycles. The maximum absolute atomic E-state index is 6.18. The van der Waals surface area contributed by atoms with Crippen LogP contribution in [0.2, 0.25) is 0 Å². The first-order chi connectivity index (χ1) is 8.09. The first-order valence-corrected chi connectivity index (χ1v) is 5.51. The van der Waals surface area contributed by atoms with Crippen molar-refractivity contribution < 1.29 is 0 Å². The quantitative estimate of drug-likeness (QED) is 0.775. The molecule has 2 aromatic carbocycles. The van der Waals surface area contributed by atoms with Crippen LogP contribution in [0.4, 0.5) is 17.1 Å². The Bertz CT molecular complexity index is 515. The van der Waals surface area contributed by atoms with Gasteiger partial charge in [-0.15, -0.1) is 0 Å². The van der Waals surface area contributed by atoms with Crippen LogP contribution >= 0.6 is 0 Å². The summed E-state index contributed by atoms with van der Waals surface area (Å²) < 4.78 is 0. The highest BCUT2D eigenvalue weighted by Gasteiger charge is 2.07. The maximum atomic E-state index is 6.18. The molecule has 0 unspecified atom stereocenters. The van der Waals surface area contributed by atoms with Gasteiger partial charge in [0.05, 0.1) is 11.4 Å². The maximum Gasteiger partial charge on any atom is 0.0631 e. The van der Waals surface area contributed by atoms with Crippen LogP contribution in [0.3, 0.4) is 0 Å². The minimum absolute atomic E-state index is 0.760. The van der Waals surface area contributed by atoms with Crippen LogP contribution in [-0.2, 0) is 0 Å². The molecule has 4 N–H and O–H groups in total. The highest BCUT2D eigenvalue weighted by Crippen LogP contribution is 2.33. The van der Waals surface area contributed by atoms with Gasteiger partial charge in [0.1, 0.15) is 0 Å². The number of hydrogen-bond donors (Lipinski definition) is 2. The smallest absolute Gasteiger partial charge is 0.0631 e. The van der Waals surface area contributed by atoms with Gasteiger partial charge < -0.3 is 16.4 Å². The largest absolute Gasteiger partial charge is 0.399 e. The Morgan fingerprint density at radius 2 is 1.53 bits per heavy atom. The molecule has 0 aliphatic heterocycles. The van der Waals surface area contributed by atoms with Crippen LogP contribution in [0.25, 0.3) is 11.1 Å². The van der Waals surface area contributed by atoms with Gasteiger partial charge >= 0.3 is 0 Å². The van der Waals surface area contributed by atoms with Crippen LogP contribution < -0.4 is 16.4 Å². The average molecular weight is 227 g/mol. The number of anilines is 3. The summed E-state index contributed by atoms with van der Waals surface area (Å²) in [7, 11) is 3.97. The van der Waals surface area contributed by atoms with E-state index < -0.39 is 0 Å². The molecular weight excluding hydrogens is 210 g/mol. The van der Waals surface area contributed by atoms with Crippen molar-refractivity contribution in [2.45, 2.75) is 0 Å². The topological polar surface area (TPSA) is 55.3 Å². The minimum atomic E-state index is 0.760. The van der Waals surface area contributed by atoms with E-state index in [0.717, 1.165) is 28.2 Å². The first kappa shape index (κ1) is 11.3. The summed E-state index contributed by atoms with van der Waals surface area (Å²) in [6.07, 6.45) is 0. The second-order valence-corrected chi connectivity index (χ2v) is 4.25. The summed E-state index contributed by atoms with van der Waals surface area (Å²) in [4.78, 5) is 2.01. The van der Waals surface area contributed by atoms with Crippen molar-refractivity contribution in [1.29, 1.82) is 0 Å². The van der Waals surface area contributed by atoms with Gasteiger partial charge in [-0.2, -0.15) is 0 Å². The number of nitrogens with zero attached hydrogens (tertiary/aromatic N) is 1. The molecule has 0 aliphatic rings. The lowest BCUT2D eigenvalue weighted by molar-refractivity contribution is 1.13. The van der Waals surface area contributed by atoms with Crippen LogP contribution in [0.5, 0.6) is 0 Å². The Morgan fingerprint density at radius 3 is 2.12 bits per heavy atom. The number of hydrogen-bond acceptors (Lipinski definition) is 3. The molecule has 2 rings (SSSR count). The van der Waals surface area contributed by atoms with Gasteiger partial charge in [0.2, 0.25) is 0 Å². The van der Waals surface area contributed by atoms with E-state index in [1.165, 1.54) is 0 Å². The van der Waals surface area contributed by atoms with Crippen molar-refractivity contribution in [3.8, 4) is 11.1 Å². The van der Waals surface area contributed by atoms with E-state index in [1.807, 2.05) is 61.5 Å². The fraction of sp³-hybridized carbons (Fsp3) is 0.143. The second kappa shape index (κ2) is 4.37. The summed E-state index contributed by atoms with van der Waals surface area (Å²) in [5.41, 5.74) is 16.6. The molecule has 0 saturated carbocycles. The molecule has 0 radical (unpaired) electrons. The molecule has 0 atom stereocenters. The van der Waals surface area contributed by atoms with Crippen LogP contribution in [-0.4, -0.2) is 14.1 Å². The molecule has 0 bridgehead atoms. The molecule has 3 nitrogen and oxygen atoms in total. The fourth-order valence-electron chi connectivity index (χ4n) is 1.86. The van der Waals surface area contributed by atoms with Gasteiger partial charge in [-0.05, 0) is 23.8 Å². The van der Waals surface area contributed by atoms with Crippen molar-refractivity contribution in [3.05, 3.63) is 42.5 Å².